The fourth-order valence-electron chi connectivity index (χ4n) is 2.61. The van der Waals surface area contributed by atoms with Crippen LogP contribution in [0.25, 0.3) is 0 Å². The van der Waals surface area contributed by atoms with Gasteiger partial charge in [0.15, 0.2) is 0 Å². The minimum atomic E-state index is 0.220. The topological polar surface area (TPSA) is 34.1 Å². The first-order valence-corrected chi connectivity index (χ1v) is 6.19. The van der Waals surface area contributed by atoms with Crippen LogP contribution in [0.15, 0.2) is 42.7 Å². The number of aromatic nitrogens is 1. The molecule has 92 valence electrons. The van der Waals surface area contributed by atoms with E-state index in [4.69, 9.17) is 4.74 Å². The van der Waals surface area contributed by atoms with Gasteiger partial charge in [-0.3, -0.25) is 4.98 Å². The van der Waals surface area contributed by atoms with E-state index in [2.05, 4.69) is 22.4 Å². The van der Waals surface area contributed by atoms with Gasteiger partial charge in [-0.1, -0.05) is 18.2 Å². The maximum Gasteiger partial charge on any atom is 0.122 e. The second-order valence-corrected chi connectivity index (χ2v) is 4.45. The molecule has 1 N–H and O–H groups in total. The number of nitrogens with zero attached hydrogens (tertiary/aromatic N) is 1. The van der Waals surface area contributed by atoms with E-state index in [0.717, 1.165) is 18.7 Å². The molecule has 1 unspecified atom stereocenters. The Labute approximate surface area is 107 Å². The molecule has 18 heavy (non-hydrogen) atoms. The van der Waals surface area contributed by atoms with Gasteiger partial charge < -0.3 is 10.1 Å². The zero-order valence-corrected chi connectivity index (χ0v) is 10.4. The maximum atomic E-state index is 5.45. The van der Waals surface area contributed by atoms with Crippen LogP contribution in [-0.2, 0) is 6.42 Å². The van der Waals surface area contributed by atoms with Crippen molar-refractivity contribution in [3.8, 4) is 5.75 Å². The highest BCUT2D eigenvalue weighted by Crippen LogP contribution is 2.33. The largest absolute Gasteiger partial charge is 0.496 e. The highest BCUT2D eigenvalue weighted by molar-refractivity contribution is 5.46. The highest BCUT2D eigenvalue weighted by Gasteiger charge is 2.23. The molecule has 1 aliphatic heterocycles. The quantitative estimate of drug-likeness (QED) is 0.874. The first kappa shape index (κ1) is 11.2. The predicted octanol–water partition coefficient (Wildman–Crippen LogP) is 2.33. The molecule has 0 bridgehead atoms. The van der Waals surface area contributed by atoms with Crippen LogP contribution in [0.3, 0.4) is 0 Å². The summed E-state index contributed by atoms with van der Waals surface area (Å²) in [5.74, 6) is 0.989. The number of hydrogen-bond donors (Lipinski definition) is 1. The standard InChI is InChI=1S/C15H16N2O/c1-18-14-6-2-5-13-12(14)7-9-17-15(13)11-4-3-8-16-10-11/h2-6,8,10,15,17H,7,9H2,1H3. The summed E-state index contributed by atoms with van der Waals surface area (Å²) < 4.78 is 5.45. The van der Waals surface area contributed by atoms with Crippen molar-refractivity contribution in [3.05, 3.63) is 59.4 Å². The van der Waals surface area contributed by atoms with Crippen molar-refractivity contribution in [1.29, 1.82) is 0 Å². The molecule has 3 rings (SSSR count). The number of pyridine rings is 1. The molecule has 0 spiro atoms. The summed E-state index contributed by atoms with van der Waals surface area (Å²) in [7, 11) is 1.73. The van der Waals surface area contributed by atoms with Crippen LogP contribution in [0, 0.1) is 0 Å². The van der Waals surface area contributed by atoms with Crippen LogP contribution in [0.2, 0.25) is 0 Å². The summed E-state index contributed by atoms with van der Waals surface area (Å²) in [6.07, 6.45) is 4.74. The van der Waals surface area contributed by atoms with Gasteiger partial charge in [-0.2, -0.15) is 0 Å². The van der Waals surface area contributed by atoms with Gasteiger partial charge in [-0.25, -0.2) is 0 Å². The normalized spacial score (nSPS) is 18.2. The number of ether oxygens (including phenoxy) is 1. The van der Waals surface area contributed by atoms with Crippen LogP contribution in [-0.4, -0.2) is 18.6 Å². The molecule has 3 heteroatoms. The minimum absolute atomic E-state index is 0.220. The molecule has 1 aromatic carbocycles. The van der Waals surface area contributed by atoms with Crippen molar-refractivity contribution in [2.75, 3.05) is 13.7 Å². The molecule has 2 aromatic rings. The van der Waals surface area contributed by atoms with E-state index in [0.29, 0.717) is 0 Å². The molecule has 0 saturated carbocycles. The number of hydrogen-bond acceptors (Lipinski definition) is 3. The molecule has 0 fully saturated rings. The molecule has 1 atom stereocenters. The van der Waals surface area contributed by atoms with Crippen molar-refractivity contribution in [1.82, 2.24) is 10.3 Å². The fourth-order valence-corrected chi connectivity index (χ4v) is 2.61. The van der Waals surface area contributed by atoms with E-state index < -0.39 is 0 Å². The molecule has 0 amide bonds. The van der Waals surface area contributed by atoms with Crippen molar-refractivity contribution < 1.29 is 4.74 Å². The number of rotatable bonds is 2. The first-order valence-electron chi connectivity index (χ1n) is 6.19. The summed E-state index contributed by atoms with van der Waals surface area (Å²) in [4.78, 5) is 4.20. The van der Waals surface area contributed by atoms with Gasteiger partial charge in [0.05, 0.1) is 13.2 Å². The molecule has 1 aliphatic rings. The zero-order valence-electron chi connectivity index (χ0n) is 10.4. The van der Waals surface area contributed by atoms with Crippen LogP contribution in [0.1, 0.15) is 22.7 Å². The van der Waals surface area contributed by atoms with Crippen LogP contribution in [0.4, 0.5) is 0 Å². The third kappa shape index (κ3) is 1.87. The molecule has 1 aromatic heterocycles. The van der Waals surface area contributed by atoms with Gasteiger partial charge >= 0.3 is 0 Å². The van der Waals surface area contributed by atoms with Gasteiger partial charge in [0.1, 0.15) is 5.75 Å². The van der Waals surface area contributed by atoms with E-state index in [1.807, 2.05) is 24.4 Å². The third-order valence-electron chi connectivity index (χ3n) is 3.44. The Balaban J connectivity index is 2.07. The number of benzene rings is 1. The SMILES string of the molecule is COc1cccc2c1CCNC2c1cccnc1. The van der Waals surface area contributed by atoms with Crippen molar-refractivity contribution in [2.45, 2.75) is 12.5 Å². The lowest BCUT2D eigenvalue weighted by Gasteiger charge is -2.28. The Morgan fingerprint density at radius 1 is 1.28 bits per heavy atom. The smallest absolute Gasteiger partial charge is 0.122 e. The van der Waals surface area contributed by atoms with E-state index in [9.17, 15) is 0 Å². The summed E-state index contributed by atoms with van der Waals surface area (Å²) in [5, 5.41) is 3.55. The Morgan fingerprint density at radius 3 is 3.00 bits per heavy atom. The molecule has 0 aliphatic carbocycles. The lowest BCUT2D eigenvalue weighted by Crippen LogP contribution is -2.30. The van der Waals surface area contributed by atoms with E-state index in [1.165, 1.54) is 16.7 Å². The maximum absolute atomic E-state index is 5.45. The third-order valence-corrected chi connectivity index (χ3v) is 3.44. The van der Waals surface area contributed by atoms with Crippen LogP contribution in [0.5, 0.6) is 5.75 Å². The highest BCUT2D eigenvalue weighted by atomic mass is 16.5. The van der Waals surface area contributed by atoms with Gasteiger partial charge in [0, 0.05) is 24.5 Å². The van der Waals surface area contributed by atoms with E-state index in [-0.39, 0.29) is 6.04 Å². The average Bonchev–Trinajstić information content (AvgIpc) is 2.47. The molecule has 2 heterocycles. The first-order chi connectivity index (χ1) is 8.90. The number of nitrogens with one attached hydrogen (secondary N) is 1. The summed E-state index contributed by atoms with van der Waals surface area (Å²) in [6.45, 7) is 0.965. The fraction of sp³-hybridized carbons (Fsp3) is 0.267. The molecule has 0 radical (unpaired) electrons. The summed E-state index contributed by atoms with van der Waals surface area (Å²) in [5.41, 5.74) is 3.81. The molecular formula is C15H16N2O. The second kappa shape index (κ2) is 4.78. The Hall–Kier alpha value is -1.87. The van der Waals surface area contributed by atoms with Gasteiger partial charge in [-0.05, 0) is 29.7 Å². The number of fused-ring (bicyclic) bond motifs is 1. The van der Waals surface area contributed by atoms with Gasteiger partial charge in [-0.15, -0.1) is 0 Å². The van der Waals surface area contributed by atoms with Crippen LogP contribution < -0.4 is 10.1 Å². The monoisotopic (exact) mass is 240 g/mol. The molecule has 3 nitrogen and oxygen atoms in total. The van der Waals surface area contributed by atoms with Crippen LogP contribution >= 0.6 is 0 Å². The molecule has 0 saturated heterocycles. The van der Waals surface area contributed by atoms with Gasteiger partial charge in [0.2, 0.25) is 0 Å². The lowest BCUT2D eigenvalue weighted by atomic mass is 9.90. The average molecular weight is 240 g/mol. The van der Waals surface area contributed by atoms with Crippen molar-refractivity contribution in [2.24, 2.45) is 0 Å². The summed E-state index contributed by atoms with van der Waals surface area (Å²) in [6, 6.07) is 10.6. The minimum Gasteiger partial charge on any atom is -0.496 e. The second-order valence-electron chi connectivity index (χ2n) is 4.45. The Kier molecular flexibility index (Phi) is 2.99. The van der Waals surface area contributed by atoms with E-state index in [1.54, 1.807) is 13.3 Å². The Morgan fingerprint density at radius 2 is 2.22 bits per heavy atom. The van der Waals surface area contributed by atoms with E-state index >= 15 is 0 Å². The van der Waals surface area contributed by atoms with Crippen molar-refractivity contribution in [3.63, 3.8) is 0 Å². The Bertz CT molecular complexity index is 539. The number of methoxy groups -OCH3 is 1. The van der Waals surface area contributed by atoms with Gasteiger partial charge in [0.25, 0.3) is 0 Å². The zero-order chi connectivity index (χ0) is 12.4. The molecular weight excluding hydrogens is 224 g/mol. The summed E-state index contributed by atoms with van der Waals surface area (Å²) >= 11 is 0. The van der Waals surface area contributed by atoms with Crippen molar-refractivity contribution >= 4 is 0 Å². The lowest BCUT2D eigenvalue weighted by molar-refractivity contribution is 0.403. The predicted molar refractivity (Wildman–Crippen MR) is 70.8 cm³/mol.